The second kappa shape index (κ2) is 9.46. The molecule has 2 N–H and O–H groups in total. The Morgan fingerprint density at radius 2 is 1.71 bits per heavy atom. The van der Waals surface area contributed by atoms with E-state index >= 15 is 0 Å². The van der Waals surface area contributed by atoms with E-state index in [9.17, 15) is 14.4 Å². The van der Waals surface area contributed by atoms with Gasteiger partial charge in [-0.15, -0.1) is 0 Å². The van der Waals surface area contributed by atoms with Crippen molar-refractivity contribution in [2.75, 3.05) is 26.4 Å². The first-order valence-electron chi connectivity index (χ1n) is 11.7. The van der Waals surface area contributed by atoms with Gasteiger partial charge in [-0.1, -0.05) is 48.5 Å². The van der Waals surface area contributed by atoms with Gasteiger partial charge in [-0.05, 0) is 35.1 Å². The van der Waals surface area contributed by atoms with E-state index in [1.165, 1.54) is 0 Å². The molecule has 8 nitrogen and oxygen atoms in total. The summed E-state index contributed by atoms with van der Waals surface area (Å²) in [6.45, 7) is 1.14. The standard InChI is InChI=1S/C26H28N2O6/c29-24(30)12-16-6-5-11-28(16)25(31)22-13-33-15-23(22)27-26(32)34-14-21-19-9-3-1-7-17(19)18-8-2-4-10-20(18)21/h1-4,7-10,16,21-23H,5-6,11-15H2,(H,27,32)(H,29,30). The molecule has 2 aliphatic heterocycles. The summed E-state index contributed by atoms with van der Waals surface area (Å²) in [4.78, 5) is 38.6. The highest BCUT2D eigenvalue weighted by Crippen LogP contribution is 2.44. The number of nitrogens with zero attached hydrogens (tertiary/aromatic N) is 1. The number of carboxylic acid groups (broad SMARTS) is 1. The summed E-state index contributed by atoms with van der Waals surface area (Å²) < 4.78 is 11.1. The maximum Gasteiger partial charge on any atom is 0.407 e. The predicted molar refractivity (Wildman–Crippen MR) is 123 cm³/mol. The van der Waals surface area contributed by atoms with Crippen LogP contribution in [0.4, 0.5) is 4.79 Å². The van der Waals surface area contributed by atoms with Crippen molar-refractivity contribution in [2.45, 2.75) is 37.3 Å². The zero-order valence-corrected chi connectivity index (χ0v) is 18.8. The largest absolute Gasteiger partial charge is 0.481 e. The Morgan fingerprint density at radius 1 is 1.03 bits per heavy atom. The van der Waals surface area contributed by atoms with Crippen LogP contribution in [-0.4, -0.2) is 66.4 Å². The smallest absolute Gasteiger partial charge is 0.407 e. The number of fused-ring (bicyclic) bond motifs is 3. The van der Waals surface area contributed by atoms with Crippen LogP contribution in [0.25, 0.3) is 11.1 Å². The van der Waals surface area contributed by atoms with E-state index in [1.807, 2.05) is 24.3 Å². The van der Waals surface area contributed by atoms with E-state index in [1.54, 1.807) is 4.90 Å². The van der Waals surface area contributed by atoms with Crippen molar-refractivity contribution in [1.29, 1.82) is 0 Å². The molecule has 0 spiro atoms. The van der Waals surface area contributed by atoms with Gasteiger partial charge in [-0.2, -0.15) is 0 Å². The topological polar surface area (TPSA) is 105 Å². The van der Waals surface area contributed by atoms with Gasteiger partial charge < -0.3 is 24.8 Å². The minimum atomic E-state index is -0.916. The zero-order chi connectivity index (χ0) is 23.7. The SMILES string of the molecule is O=C(O)CC1CCCN1C(=O)C1COCC1NC(=O)OCC1c2ccccc2-c2ccccc21. The monoisotopic (exact) mass is 464 g/mol. The van der Waals surface area contributed by atoms with Crippen LogP contribution < -0.4 is 5.32 Å². The highest BCUT2D eigenvalue weighted by Gasteiger charge is 2.41. The van der Waals surface area contributed by atoms with Crippen LogP contribution >= 0.6 is 0 Å². The van der Waals surface area contributed by atoms with Gasteiger partial charge in [-0.3, -0.25) is 9.59 Å². The Labute approximate surface area is 197 Å². The summed E-state index contributed by atoms with van der Waals surface area (Å²) in [7, 11) is 0. The van der Waals surface area contributed by atoms with Gasteiger partial charge in [0.2, 0.25) is 5.91 Å². The number of aliphatic carboxylic acids is 1. The molecule has 3 aliphatic rings. The molecule has 8 heteroatoms. The summed E-state index contributed by atoms with van der Waals surface area (Å²) in [6, 6.07) is 15.4. The Hall–Kier alpha value is -3.39. The van der Waals surface area contributed by atoms with Gasteiger partial charge in [0.05, 0.1) is 31.6 Å². The van der Waals surface area contributed by atoms with Crippen molar-refractivity contribution in [3.8, 4) is 11.1 Å². The van der Waals surface area contributed by atoms with Crippen molar-refractivity contribution in [3.05, 3.63) is 59.7 Å². The Kier molecular flexibility index (Phi) is 6.24. The molecule has 0 radical (unpaired) electrons. The number of carbonyl (C=O) groups excluding carboxylic acids is 2. The van der Waals surface area contributed by atoms with Crippen molar-refractivity contribution >= 4 is 18.0 Å². The molecule has 2 saturated heterocycles. The van der Waals surface area contributed by atoms with Crippen molar-refractivity contribution in [3.63, 3.8) is 0 Å². The second-order valence-electron chi connectivity index (χ2n) is 9.15. The number of hydrogen-bond donors (Lipinski definition) is 2. The van der Waals surface area contributed by atoms with Crippen molar-refractivity contribution < 1.29 is 29.0 Å². The number of ether oxygens (including phenoxy) is 2. The zero-order valence-electron chi connectivity index (χ0n) is 18.8. The number of carboxylic acids is 1. The van der Waals surface area contributed by atoms with Crippen molar-refractivity contribution in [1.82, 2.24) is 10.2 Å². The van der Waals surface area contributed by atoms with Gasteiger partial charge in [-0.25, -0.2) is 4.79 Å². The molecule has 2 amide bonds. The average Bonchev–Trinajstić information content (AvgIpc) is 3.55. The number of hydrogen-bond acceptors (Lipinski definition) is 5. The second-order valence-corrected chi connectivity index (χ2v) is 9.15. The lowest BCUT2D eigenvalue weighted by Crippen LogP contribution is -2.49. The summed E-state index contributed by atoms with van der Waals surface area (Å²) in [6.07, 6.45) is 0.806. The number of likely N-dealkylation sites (tertiary alicyclic amines) is 1. The minimum absolute atomic E-state index is 0.0446. The molecule has 2 fully saturated rings. The predicted octanol–water partition coefficient (Wildman–Crippen LogP) is 3.01. The molecule has 0 saturated carbocycles. The van der Waals surface area contributed by atoms with Gasteiger partial charge >= 0.3 is 12.1 Å². The van der Waals surface area contributed by atoms with Crippen LogP contribution in [0.2, 0.25) is 0 Å². The summed E-state index contributed by atoms with van der Waals surface area (Å²) >= 11 is 0. The quantitative estimate of drug-likeness (QED) is 0.681. The van der Waals surface area contributed by atoms with Crippen LogP contribution in [0, 0.1) is 5.92 Å². The van der Waals surface area contributed by atoms with E-state index in [-0.39, 0.29) is 44.1 Å². The minimum Gasteiger partial charge on any atom is -0.481 e. The van der Waals surface area contributed by atoms with Gasteiger partial charge in [0.1, 0.15) is 6.61 Å². The molecule has 5 rings (SSSR count). The molecule has 3 unspecified atom stereocenters. The van der Waals surface area contributed by atoms with Crippen LogP contribution in [-0.2, 0) is 19.1 Å². The molecule has 2 aromatic carbocycles. The fraction of sp³-hybridized carbons (Fsp3) is 0.423. The highest BCUT2D eigenvalue weighted by molar-refractivity contribution is 5.82. The van der Waals surface area contributed by atoms with Crippen LogP contribution in [0.1, 0.15) is 36.3 Å². The first-order valence-corrected chi connectivity index (χ1v) is 11.7. The molecule has 34 heavy (non-hydrogen) atoms. The summed E-state index contributed by atoms with van der Waals surface area (Å²) in [5, 5.41) is 12.0. The molecule has 0 aromatic heterocycles. The fourth-order valence-corrected chi connectivity index (χ4v) is 5.48. The Morgan fingerprint density at radius 3 is 2.38 bits per heavy atom. The molecular weight excluding hydrogens is 436 g/mol. The lowest BCUT2D eigenvalue weighted by Gasteiger charge is -2.28. The number of rotatable bonds is 6. The van der Waals surface area contributed by atoms with Gasteiger partial charge in [0, 0.05) is 18.5 Å². The number of amides is 2. The Balaban J connectivity index is 1.21. The summed E-state index contributed by atoms with van der Waals surface area (Å²) in [5.74, 6) is -1.67. The van der Waals surface area contributed by atoms with E-state index in [4.69, 9.17) is 14.6 Å². The number of nitrogens with one attached hydrogen (secondary N) is 1. The molecular formula is C26H28N2O6. The molecule has 2 aromatic rings. The lowest BCUT2D eigenvalue weighted by molar-refractivity contribution is -0.141. The number of benzene rings is 2. The van der Waals surface area contributed by atoms with E-state index < -0.39 is 24.0 Å². The van der Waals surface area contributed by atoms with Gasteiger partial charge in [0.15, 0.2) is 0 Å². The van der Waals surface area contributed by atoms with Crippen LogP contribution in [0.3, 0.4) is 0 Å². The maximum atomic E-state index is 13.1. The molecule has 3 atom stereocenters. The van der Waals surface area contributed by atoms with Crippen LogP contribution in [0.15, 0.2) is 48.5 Å². The first kappa shape index (κ1) is 22.4. The Bertz CT molecular complexity index is 1060. The van der Waals surface area contributed by atoms with E-state index in [2.05, 4.69) is 29.6 Å². The molecule has 0 bridgehead atoms. The van der Waals surface area contributed by atoms with Crippen LogP contribution in [0.5, 0.6) is 0 Å². The number of carbonyl (C=O) groups is 3. The normalized spacial score (nSPS) is 23.4. The van der Waals surface area contributed by atoms with Crippen molar-refractivity contribution in [2.24, 2.45) is 5.92 Å². The number of alkyl carbamates (subject to hydrolysis) is 1. The third-order valence-electron chi connectivity index (χ3n) is 7.12. The third-order valence-corrected chi connectivity index (χ3v) is 7.12. The maximum absolute atomic E-state index is 13.1. The fourth-order valence-electron chi connectivity index (χ4n) is 5.48. The molecule has 2 heterocycles. The van der Waals surface area contributed by atoms with E-state index in [0.717, 1.165) is 28.7 Å². The summed E-state index contributed by atoms with van der Waals surface area (Å²) in [5.41, 5.74) is 4.58. The first-order chi connectivity index (χ1) is 16.5. The molecule has 178 valence electrons. The average molecular weight is 465 g/mol. The third kappa shape index (κ3) is 4.25. The van der Waals surface area contributed by atoms with Gasteiger partial charge in [0.25, 0.3) is 0 Å². The highest BCUT2D eigenvalue weighted by atomic mass is 16.5. The lowest BCUT2D eigenvalue weighted by atomic mass is 9.98. The molecule has 1 aliphatic carbocycles. The van der Waals surface area contributed by atoms with E-state index in [0.29, 0.717) is 13.0 Å².